The smallest absolute Gasteiger partial charge is 0.243 e. The maximum atomic E-state index is 10.9. The van der Waals surface area contributed by atoms with Crippen LogP contribution in [0.5, 0.6) is 0 Å². The molecule has 0 fully saturated rings. The van der Waals surface area contributed by atoms with Crippen molar-refractivity contribution in [1.29, 1.82) is 0 Å². The highest BCUT2D eigenvalue weighted by Gasteiger charge is 2.20. The Bertz CT molecular complexity index is 242. The van der Waals surface area contributed by atoms with Crippen LogP contribution in [-0.2, 0) is 9.59 Å². The van der Waals surface area contributed by atoms with Gasteiger partial charge < -0.3 is 5.32 Å². The molecule has 0 heterocycles. The van der Waals surface area contributed by atoms with Gasteiger partial charge in [-0.3, -0.25) is 9.59 Å². The maximum Gasteiger partial charge on any atom is 0.243 e. The Labute approximate surface area is 92.3 Å². The first kappa shape index (κ1) is 16.1. The van der Waals surface area contributed by atoms with E-state index >= 15 is 0 Å². The van der Waals surface area contributed by atoms with Crippen molar-refractivity contribution < 1.29 is 9.59 Å². The van der Waals surface area contributed by atoms with Gasteiger partial charge in [-0.15, -0.1) is 6.58 Å². The zero-order valence-electron chi connectivity index (χ0n) is 10.1. The van der Waals surface area contributed by atoms with Gasteiger partial charge in [0.05, 0.1) is 0 Å². The van der Waals surface area contributed by atoms with Crippen LogP contribution >= 0.6 is 0 Å². The van der Waals surface area contributed by atoms with Crippen molar-refractivity contribution in [2.24, 2.45) is 0 Å². The number of Topliss-reactive ketones (excluding diaryl/α,β-unsaturated/α-hetero) is 1. The van der Waals surface area contributed by atoms with E-state index in [1.807, 2.05) is 6.92 Å². The van der Waals surface area contributed by atoms with E-state index in [4.69, 9.17) is 0 Å². The molecule has 0 aromatic carbocycles. The molecule has 3 nitrogen and oxygen atoms in total. The highest BCUT2D eigenvalue weighted by molar-refractivity contribution is 5.88. The first-order chi connectivity index (χ1) is 6.79. The zero-order chi connectivity index (χ0) is 12.5. The summed E-state index contributed by atoms with van der Waals surface area (Å²) in [6.45, 7) is 13.7. The first-order valence-electron chi connectivity index (χ1n) is 4.80. The second-order valence-corrected chi connectivity index (χ2v) is 3.86. The lowest BCUT2D eigenvalue weighted by Gasteiger charge is -2.23. The first-order valence-corrected chi connectivity index (χ1v) is 4.80. The van der Waals surface area contributed by atoms with E-state index in [1.54, 1.807) is 19.9 Å². The predicted molar refractivity (Wildman–Crippen MR) is 63.6 cm³/mol. The number of hydrogen-bond acceptors (Lipinski definition) is 2. The molecule has 0 radical (unpaired) electrons. The summed E-state index contributed by atoms with van der Waals surface area (Å²) in [7, 11) is 0. The van der Waals surface area contributed by atoms with Crippen LogP contribution in [0.1, 0.15) is 34.1 Å². The SMILES string of the molecule is C=CC.C=CC(=O)NC(C)(C)CC(C)=O. The molecule has 0 unspecified atom stereocenters. The molecule has 0 bridgehead atoms. The highest BCUT2D eigenvalue weighted by Crippen LogP contribution is 2.08. The molecule has 86 valence electrons. The number of ketones is 1. The summed E-state index contributed by atoms with van der Waals surface area (Å²) in [5, 5.41) is 2.66. The van der Waals surface area contributed by atoms with E-state index in [0.29, 0.717) is 6.42 Å². The van der Waals surface area contributed by atoms with Gasteiger partial charge in [0.15, 0.2) is 0 Å². The third-order valence-corrected chi connectivity index (χ3v) is 1.34. The lowest BCUT2D eigenvalue weighted by Crippen LogP contribution is -2.43. The van der Waals surface area contributed by atoms with Crippen LogP contribution in [0.4, 0.5) is 0 Å². The zero-order valence-corrected chi connectivity index (χ0v) is 10.1. The lowest BCUT2D eigenvalue weighted by atomic mass is 9.98. The van der Waals surface area contributed by atoms with E-state index in [0.717, 1.165) is 0 Å². The number of hydrogen-bond donors (Lipinski definition) is 1. The molecule has 0 atom stereocenters. The topological polar surface area (TPSA) is 46.2 Å². The Morgan fingerprint density at radius 1 is 1.33 bits per heavy atom. The summed E-state index contributed by atoms with van der Waals surface area (Å²) in [4.78, 5) is 21.6. The Morgan fingerprint density at radius 3 is 2.00 bits per heavy atom. The number of carbonyl (C=O) groups excluding carboxylic acids is 2. The van der Waals surface area contributed by atoms with Crippen LogP contribution in [0.2, 0.25) is 0 Å². The average molecular weight is 211 g/mol. The molecule has 0 aromatic rings. The van der Waals surface area contributed by atoms with Crippen molar-refractivity contribution in [3.8, 4) is 0 Å². The molecule has 1 N–H and O–H groups in total. The second kappa shape index (κ2) is 7.97. The lowest BCUT2D eigenvalue weighted by molar-refractivity contribution is -0.120. The average Bonchev–Trinajstić information content (AvgIpc) is 2.01. The summed E-state index contributed by atoms with van der Waals surface area (Å²) < 4.78 is 0. The van der Waals surface area contributed by atoms with Crippen LogP contribution in [0.25, 0.3) is 0 Å². The molecule has 0 aliphatic carbocycles. The minimum Gasteiger partial charge on any atom is -0.347 e. The van der Waals surface area contributed by atoms with Crippen LogP contribution in [0.15, 0.2) is 25.3 Å². The molecule has 15 heavy (non-hydrogen) atoms. The summed E-state index contributed by atoms with van der Waals surface area (Å²) >= 11 is 0. The minimum absolute atomic E-state index is 0.0596. The molecule has 1 amide bonds. The number of rotatable bonds is 4. The van der Waals surface area contributed by atoms with Crippen LogP contribution in [-0.4, -0.2) is 17.2 Å². The third kappa shape index (κ3) is 12.6. The summed E-state index contributed by atoms with van der Waals surface area (Å²) in [5.74, 6) is -0.189. The molecule has 3 heteroatoms. The van der Waals surface area contributed by atoms with Gasteiger partial charge in [0, 0.05) is 12.0 Å². The largest absolute Gasteiger partial charge is 0.347 e. The predicted octanol–water partition coefficient (Wildman–Crippen LogP) is 2.24. The molecular formula is C12H21NO2. The molecule has 0 rings (SSSR count). The second-order valence-electron chi connectivity index (χ2n) is 3.86. The van der Waals surface area contributed by atoms with Crippen LogP contribution in [0, 0.1) is 0 Å². The highest BCUT2D eigenvalue weighted by atomic mass is 16.1. The quantitative estimate of drug-likeness (QED) is 0.572. The van der Waals surface area contributed by atoms with E-state index < -0.39 is 5.54 Å². The van der Waals surface area contributed by atoms with Gasteiger partial charge in [-0.2, -0.15) is 0 Å². The monoisotopic (exact) mass is 211 g/mol. The fraction of sp³-hybridized carbons (Fsp3) is 0.500. The Morgan fingerprint density at radius 2 is 1.73 bits per heavy atom. The summed E-state index contributed by atoms with van der Waals surface area (Å²) in [6, 6.07) is 0. The van der Waals surface area contributed by atoms with Gasteiger partial charge in [-0.25, -0.2) is 0 Å². The van der Waals surface area contributed by atoms with E-state index in [9.17, 15) is 9.59 Å². The van der Waals surface area contributed by atoms with Crippen molar-refractivity contribution in [3.63, 3.8) is 0 Å². The number of amides is 1. The van der Waals surface area contributed by atoms with E-state index in [-0.39, 0.29) is 11.7 Å². The van der Waals surface area contributed by atoms with Crippen molar-refractivity contribution in [3.05, 3.63) is 25.3 Å². The van der Waals surface area contributed by atoms with Gasteiger partial charge in [-0.1, -0.05) is 12.7 Å². The van der Waals surface area contributed by atoms with Gasteiger partial charge >= 0.3 is 0 Å². The number of nitrogens with one attached hydrogen (secondary N) is 1. The molecule has 0 aliphatic heterocycles. The Balaban J connectivity index is 0. The van der Waals surface area contributed by atoms with Crippen molar-refractivity contribution in [1.82, 2.24) is 5.32 Å². The fourth-order valence-electron chi connectivity index (χ4n) is 1.05. The maximum absolute atomic E-state index is 10.9. The molecule has 0 saturated heterocycles. The van der Waals surface area contributed by atoms with Crippen molar-refractivity contribution in [2.75, 3.05) is 0 Å². The number of carbonyl (C=O) groups is 2. The third-order valence-electron chi connectivity index (χ3n) is 1.34. The normalized spacial score (nSPS) is 9.33. The van der Waals surface area contributed by atoms with Crippen molar-refractivity contribution in [2.45, 2.75) is 39.7 Å². The van der Waals surface area contributed by atoms with Crippen LogP contribution < -0.4 is 5.32 Å². The van der Waals surface area contributed by atoms with Gasteiger partial charge in [0.1, 0.15) is 5.78 Å². The molecule has 0 aromatic heterocycles. The van der Waals surface area contributed by atoms with Gasteiger partial charge in [0.25, 0.3) is 0 Å². The molecule has 0 saturated carbocycles. The molecule has 0 aliphatic rings. The molecule has 0 spiro atoms. The van der Waals surface area contributed by atoms with Gasteiger partial charge in [0.2, 0.25) is 5.91 Å². The molecular weight excluding hydrogens is 190 g/mol. The summed E-state index contributed by atoms with van der Waals surface area (Å²) in [6.07, 6.45) is 3.29. The van der Waals surface area contributed by atoms with Crippen LogP contribution in [0.3, 0.4) is 0 Å². The van der Waals surface area contributed by atoms with E-state index in [2.05, 4.69) is 18.5 Å². The Kier molecular flexibility index (Phi) is 8.54. The minimum atomic E-state index is -0.475. The van der Waals surface area contributed by atoms with Crippen molar-refractivity contribution >= 4 is 11.7 Å². The van der Waals surface area contributed by atoms with E-state index in [1.165, 1.54) is 13.0 Å². The van der Waals surface area contributed by atoms with Gasteiger partial charge in [-0.05, 0) is 33.8 Å². The number of allylic oxidation sites excluding steroid dienone is 1. The standard InChI is InChI=1S/C9H15NO2.C3H6/c1-5-8(12)10-9(3,4)6-7(2)11;1-3-2/h5H,1,6H2,2-4H3,(H,10,12);3H,1H2,2H3. The fourth-order valence-corrected chi connectivity index (χ4v) is 1.05. The Hall–Kier alpha value is -1.38. The summed E-state index contributed by atoms with van der Waals surface area (Å²) in [5.41, 5.74) is -0.475.